The molecular formula is C11H17N3O2. The van der Waals surface area contributed by atoms with Gasteiger partial charge < -0.3 is 9.47 Å². The van der Waals surface area contributed by atoms with Crippen LogP contribution in [0.2, 0.25) is 0 Å². The average molecular weight is 223 g/mol. The summed E-state index contributed by atoms with van der Waals surface area (Å²) >= 11 is 0. The van der Waals surface area contributed by atoms with E-state index < -0.39 is 0 Å². The first-order valence-corrected chi connectivity index (χ1v) is 5.70. The quantitative estimate of drug-likeness (QED) is 0.722. The molecule has 2 aliphatic heterocycles. The maximum absolute atomic E-state index is 5.70. The zero-order valence-electron chi connectivity index (χ0n) is 9.72. The van der Waals surface area contributed by atoms with Crippen molar-refractivity contribution < 1.29 is 9.47 Å². The van der Waals surface area contributed by atoms with Gasteiger partial charge in [-0.25, -0.2) is 4.68 Å². The standard InChI is InChI=1S/C11H17N3O2/c1-8-3-11-14(12-8)4-9(7-16-11)13-5-10(6-13)15-2/h3,9-10H,4-7H2,1-2H3/t9-/m1/s1. The Hall–Kier alpha value is -1.07. The molecule has 0 unspecified atom stereocenters. The minimum absolute atomic E-state index is 0.403. The Morgan fingerprint density at radius 1 is 1.44 bits per heavy atom. The summed E-state index contributed by atoms with van der Waals surface area (Å²) in [6.45, 7) is 5.72. The van der Waals surface area contributed by atoms with Crippen molar-refractivity contribution in [3.8, 4) is 5.88 Å². The van der Waals surface area contributed by atoms with Gasteiger partial charge in [-0.3, -0.25) is 4.90 Å². The van der Waals surface area contributed by atoms with E-state index >= 15 is 0 Å². The summed E-state index contributed by atoms with van der Waals surface area (Å²) in [5.74, 6) is 0.901. The lowest BCUT2D eigenvalue weighted by Crippen LogP contribution is -2.59. The van der Waals surface area contributed by atoms with Gasteiger partial charge in [-0.05, 0) is 6.92 Å². The smallest absolute Gasteiger partial charge is 0.212 e. The number of aromatic nitrogens is 2. The van der Waals surface area contributed by atoms with Crippen LogP contribution in [0, 0.1) is 6.92 Å². The Bertz CT molecular complexity index is 385. The second kappa shape index (κ2) is 3.75. The predicted molar refractivity (Wildman–Crippen MR) is 58.6 cm³/mol. The molecule has 0 saturated carbocycles. The van der Waals surface area contributed by atoms with E-state index in [0.717, 1.165) is 37.8 Å². The average Bonchev–Trinajstić information content (AvgIpc) is 2.55. The van der Waals surface area contributed by atoms with Gasteiger partial charge in [-0.15, -0.1) is 0 Å². The summed E-state index contributed by atoms with van der Waals surface area (Å²) in [7, 11) is 1.77. The molecule has 0 radical (unpaired) electrons. The lowest BCUT2D eigenvalue weighted by molar-refractivity contribution is -0.0683. The molecule has 1 saturated heterocycles. The van der Waals surface area contributed by atoms with Crippen LogP contribution < -0.4 is 4.74 Å². The van der Waals surface area contributed by atoms with Crippen molar-refractivity contribution in [1.29, 1.82) is 0 Å². The van der Waals surface area contributed by atoms with Crippen LogP contribution >= 0.6 is 0 Å². The fourth-order valence-corrected chi connectivity index (χ4v) is 2.34. The molecule has 0 bridgehead atoms. The Morgan fingerprint density at radius 3 is 3.00 bits per heavy atom. The van der Waals surface area contributed by atoms with Gasteiger partial charge in [-0.2, -0.15) is 5.10 Å². The lowest BCUT2D eigenvalue weighted by Gasteiger charge is -2.44. The highest BCUT2D eigenvalue weighted by molar-refractivity contribution is 5.16. The molecule has 0 spiro atoms. The Labute approximate surface area is 94.9 Å². The molecular weight excluding hydrogens is 206 g/mol. The molecule has 1 atom stereocenters. The molecule has 16 heavy (non-hydrogen) atoms. The number of nitrogens with zero attached hydrogens (tertiary/aromatic N) is 3. The highest BCUT2D eigenvalue weighted by atomic mass is 16.5. The first-order valence-electron chi connectivity index (χ1n) is 5.70. The zero-order valence-corrected chi connectivity index (χ0v) is 9.72. The number of hydrogen-bond donors (Lipinski definition) is 0. The Balaban J connectivity index is 1.65. The molecule has 5 heteroatoms. The van der Waals surface area contributed by atoms with Gasteiger partial charge in [0.2, 0.25) is 5.88 Å². The van der Waals surface area contributed by atoms with Gasteiger partial charge in [-0.1, -0.05) is 0 Å². The van der Waals surface area contributed by atoms with E-state index in [1.54, 1.807) is 7.11 Å². The fourth-order valence-electron chi connectivity index (χ4n) is 2.34. The first-order chi connectivity index (χ1) is 7.76. The normalized spacial score (nSPS) is 26.0. The SMILES string of the molecule is COC1CN([C@H]2COc3cc(C)nn3C2)C1. The van der Waals surface area contributed by atoms with Gasteiger partial charge >= 0.3 is 0 Å². The molecule has 3 heterocycles. The molecule has 88 valence electrons. The predicted octanol–water partition coefficient (Wildman–Crippen LogP) is 0.283. The Morgan fingerprint density at radius 2 is 2.25 bits per heavy atom. The number of methoxy groups -OCH3 is 1. The molecule has 3 rings (SSSR count). The van der Waals surface area contributed by atoms with E-state index in [1.807, 2.05) is 17.7 Å². The molecule has 2 aliphatic rings. The van der Waals surface area contributed by atoms with E-state index in [9.17, 15) is 0 Å². The van der Waals surface area contributed by atoms with Gasteiger partial charge in [0.05, 0.1) is 24.4 Å². The molecule has 5 nitrogen and oxygen atoms in total. The third kappa shape index (κ3) is 1.60. The number of rotatable bonds is 2. The fraction of sp³-hybridized carbons (Fsp3) is 0.727. The summed E-state index contributed by atoms with van der Waals surface area (Å²) in [5.41, 5.74) is 1.02. The van der Waals surface area contributed by atoms with Crippen LogP contribution in [0.25, 0.3) is 0 Å². The lowest BCUT2D eigenvalue weighted by atomic mass is 10.1. The largest absolute Gasteiger partial charge is 0.476 e. The van der Waals surface area contributed by atoms with Crippen molar-refractivity contribution in [3.05, 3.63) is 11.8 Å². The maximum Gasteiger partial charge on any atom is 0.212 e. The van der Waals surface area contributed by atoms with E-state index in [0.29, 0.717) is 12.1 Å². The van der Waals surface area contributed by atoms with Crippen LogP contribution in [0.4, 0.5) is 0 Å². The van der Waals surface area contributed by atoms with Crippen molar-refractivity contribution in [2.75, 3.05) is 26.8 Å². The molecule has 0 amide bonds. The Kier molecular flexibility index (Phi) is 2.37. The van der Waals surface area contributed by atoms with Crippen molar-refractivity contribution in [2.45, 2.75) is 25.6 Å². The number of hydrogen-bond acceptors (Lipinski definition) is 4. The maximum atomic E-state index is 5.70. The van der Waals surface area contributed by atoms with Crippen molar-refractivity contribution >= 4 is 0 Å². The number of likely N-dealkylation sites (tertiary alicyclic amines) is 1. The van der Waals surface area contributed by atoms with Crippen molar-refractivity contribution in [2.24, 2.45) is 0 Å². The summed E-state index contributed by atoms with van der Waals surface area (Å²) in [6, 6.07) is 2.43. The van der Waals surface area contributed by atoms with E-state index in [2.05, 4.69) is 10.00 Å². The van der Waals surface area contributed by atoms with Crippen LogP contribution in [0.5, 0.6) is 5.88 Å². The monoisotopic (exact) mass is 223 g/mol. The van der Waals surface area contributed by atoms with Crippen LogP contribution in [0.3, 0.4) is 0 Å². The molecule has 0 aromatic carbocycles. The topological polar surface area (TPSA) is 39.5 Å². The summed E-state index contributed by atoms with van der Waals surface area (Å²) in [6.07, 6.45) is 0.403. The second-order valence-corrected chi connectivity index (χ2v) is 4.58. The zero-order chi connectivity index (χ0) is 11.1. The third-order valence-corrected chi connectivity index (χ3v) is 3.40. The minimum atomic E-state index is 0.403. The van der Waals surface area contributed by atoms with Gasteiger partial charge in [0.25, 0.3) is 0 Å². The number of ether oxygens (including phenoxy) is 2. The molecule has 1 aromatic heterocycles. The van der Waals surface area contributed by atoms with Crippen LogP contribution in [-0.4, -0.2) is 53.6 Å². The molecule has 1 aromatic rings. The highest BCUT2D eigenvalue weighted by Crippen LogP contribution is 2.23. The van der Waals surface area contributed by atoms with Crippen LogP contribution in [-0.2, 0) is 11.3 Å². The summed E-state index contributed by atoms with van der Waals surface area (Å²) < 4.78 is 12.9. The summed E-state index contributed by atoms with van der Waals surface area (Å²) in [4.78, 5) is 2.40. The van der Waals surface area contributed by atoms with Gasteiger partial charge in [0.1, 0.15) is 6.61 Å². The molecule has 0 aliphatic carbocycles. The first kappa shape index (κ1) is 10.1. The number of aryl methyl sites for hydroxylation is 1. The molecule has 0 N–H and O–H groups in total. The highest BCUT2D eigenvalue weighted by Gasteiger charge is 2.35. The van der Waals surface area contributed by atoms with E-state index in [1.165, 1.54) is 0 Å². The number of fused-ring (bicyclic) bond motifs is 1. The van der Waals surface area contributed by atoms with E-state index in [-0.39, 0.29) is 0 Å². The second-order valence-electron chi connectivity index (χ2n) is 4.58. The van der Waals surface area contributed by atoms with Crippen LogP contribution in [0.15, 0.2) is 6.07 Å². The van der Waals surface area contributed by atoms with Crippen LogP contribution in [0.1, 0.15) is 5.69 Å². The minimum Gasteiger partial charge on any atom is -0.476 e. The van der Waals surface area contributed by atoms with Gasteiger partial charge in [0, 0.05) is 26.3 Å². The molecule has 1 fully saturated rings. The van der Waals surface area contributed by atoms with Crippen molar-refractivity contribution in [3.63, 3.8) is 0 Å². The third-order valence-electron chi connectivity index (χ3n) is 3.40. The van der Waals surface area contributed by atoms with Gasteiger partial charge in [0.15, 0.2) is 0 Å². The van der Waals surface area contributed by atoms with E-state index in [4.69, 9.17) is 9.47 Å². The van der Waals surface area contributed by atoms with Crippen molar-refractivity contribution in [1.82, 2.24) is 14.7 Å². The summed E-state index contributed by atoms with van der Waals surface area (Å²) in [5, 5.41) is 4.42.